The van der Waals surface area contributed by atoms with E-state index in [0.717, 1.165) is 12.8 Å². The lowest BCUT2D eigenvalue weighted by Gasteiger charge is -2.16. The molecule has 2 amide bonds. The van der Waals surface area contributed by atoms with E-state index in [4.69, 9.17) is 0 Å². The van der Waals surface area contributed by atoms with Gasteiger partial charge >= 0.3 is 5.97 Å². The molecule has 1 aliphatic rings. The van der Waals surface area contributed by atoms with Gasteiger partial charge < -0.3 is 15.0 Å². The van der Waals surface area contributed by atoms with E-state index in [1.807, 2.05) is 0 Å². The molecule has 0 radical (unpaired) electrons. The second kappa shape index (κ2) is 7.76. The van der Waals surface area contributed by atoms with Crippen molar-refractivity contribution in [2.75, 3.05) is 25.5 Å². The predicted molar refractivity (Wildman–Crippen MR) is 86.0 cm³/mol. The minimum Gasteiger partial charge on any atom is -0.465 e. The molecule has 1 fully saturated rings. The number of carbonyl (C=O) groups is 3. The van der Waals surface area contributed by atoms with Gasteiger partial charge in [-0.05, 0) is 30.7 Å². The molecule has 0 aliphatic carbocycles. The van der Waals surface area contributed by atoms with E-state index in [-0.39, 0.29) is 24.2 Å². The van der Waals surface area contributed by atoms with Crippen molar-refractivity contribution in [3.63, 3.8) is 0 Å². The molecule has 0 saturated carbocycles. The monoisotopic (exact) mass is 318 g/mol. The van der Waals surface area contributed by atoms with Crippen molar-refractivity contribution < 1.29 is 19.1 Å². The summed E-state index contributed by atoms with van der Waals surface area (Å²) in [5.74, 6) is -0.863. The average Bonchev–Trinajstić information content (AvgIpc) is 2.94. The first-order valence-corrected chi connectivity index (χ1v) is 7.82. The molecule has 1 aromatic carbocycles. The molecule has 0 aromatic heterocycles. The smallest absolute Gasteiger partial charge is 0.337 e. The van der Waals surface area contributed by atoms with E-state index in [2.05, 4.69) is 17.0 Å². The first-order valence-electron chi connectivity index (χ1n) is 7.82. The topological polar surface area (TPSA) is 75.7 Å². The highest BCUT2D eigenvalue weighted by Crippen LogP contribution is 2.20. The Morgan fingerprint density at radius 2 is 2.00 bits per heavy atom. The summed E-state index contributed by atoms with van der Waals surface area (Å²) in [6.07, 6.45) is 2.23. The average molecular weight is 318 g/mol. The number of anilines is 1. The molecule has 2 rings (SSSR count). The summed E-state index contributed by atoms with van der Waals surface area (Å²) in [5.41, 5.74) is 1.02. The first kappa shape index (κ1) is 17.0. The van der Waals surface area contributed by atoms with Gasteiger partial charge in [-0.3, -0.25) is 9.59 Å². The van der Waals surface area contributed by atoms with E-state index < -0.39 is 5.97 Å². The molecule has 23 heavy (non-hydrogen) atoms. The minimum atomic E-state index is -0.421. The SMILES string of the molecule is CCCCN1CC(C(=O)Nc2ccc(C(=O)OC)cc2)CC1=O. The number of rotatable bonds is 6. The lowest BCUT2D eigenvalue weighted by atomic mass is 10.1. The molecule has 1 unspecified atom stereocenters. The molecule has 0 bridgehead atoms. The third-order valence-electron chi connectivity index (χ3n) is 3.94. The number of benzene rings is 1. The Morgan fingerprint density at radius 3 is 2.61 bits per heavy atom. The van der Waals surface area contributed by atoms with Gasteiger partial charge in [0.15, 0.2) is 0 Å². The van der Waals surface area contributed by atoms with Crippen molar-refractivity contribution in [3.8, 4) is 0 Å². The molecular formula is C17H22N2O4. The summed E-state index contributed by atoms with van der Waals surface area (Å²) >= 11 is 0. The zero-order valence-electron chi connectivity index (χ0n) is 13.5. The van der Waals surface area contributed by atoms with Crippen LogP contribution >= 0.6 is 0 Å². The summed E-state index contributed by atoms with van der Waals surface area (Å²) in [6.45, 7) is 3.26. The van der Waals surface area contributed by atoms with Gasteiger partial charge in [0.1, 0.15) is 0 Å². The summed E-state index contributed by atoms with van der Waals surface area (Å²) in [6, 6.07) is 6.48. The standard InChI is InChI=1S/C17H22N2O4/c1-3-4-9-19-11-13(10-15(19)20)16(21)18-14-7-5-12(6-8-14)17(22)23-2/h5-8,13H,3-4,9-11H2,1-2H3,(H,18,21). The predicted octanol–water partition coefficient (Wildman–Crippen LogP) is 2.06. The normalized spacial score (nSPS) is 17.2. The molecule has 1 heterocycles. The van der Waals surface area contributed by atoms with Crippen LogP contribution in [0.15, 0.2) is 24.3 Å². The van der Waals surface area contributed by atoms with E-state index in [0.29, 0.717) is 24.3 Å². The van der Waals surface area contributed by atoms with Crippen LogP contribution in [0.4, 0.5) is 5.69 Å². The number of amides is 2. The molecule has 6 heteroatoms. The van der Waals surface area contributed by atoms with Crippen molar-refractivity contribution in [2.24, 2.45) is 5.92 Å². The Morgan fingerprint density at radius 1 is 1.30 bits per heavy atom. The highest BCUT2D eigenvalue weighted by Gasteiger charge is 2.33. The molecular weight excluding hydrogens is 296 g/mol. The van der Waals surface area contributed by atoms with Gasteiger partial charge in [0.25, 0.3) is 0 Å². The maximum Gasteiger partial charge on any atom is 0.337 e. The maximum atomic E-state index is 12.3. The van der Waals surface area contributed by atoms with Crippen LogP contribution in [-0.2, 0) is 14.3 Å². The van der Waals surface area contributed by atoms with Gasteiger partial charge in [-0.25, -0.2) is 4.79 Å². The van der Waals surface area contributed by atoms with Gasteiger partial charge in [0.05, 0.1) is 18.6 Å². The quantitative estimate of drug-likeness (QED) is 0.815. The molecule has 1 aromatic rings. The number of nitrogens with one attached hydrogen (secondary N) is 1. The minimum absolute atomic E-state index is 0.0413. The van der Waals surface area contributed by atoms with Crippen molar-refractivity contribution in [3.05, 3.63) is 29.8 Å². The molecule has 1 saturated heterocycles. The maximum absolute atomic E-state index is 12.3. The highest BCUT2D eigenvalue weighted by atomic mass is 16.5. The number of hydrogen-bond acceptors (Lipinski definition) is 4. The summed E-state index contributed by atoms with van der Waals surface area (Å²) in [4.78, 5) is 37.3. The zero-order valence-corrected chi connectivity index (χ0v) is 13.5. The third kappa shape index (κ3) is 4.31. The van der Waals surface area contributed by atoms with Crippen LogP contribution in [0.1, 0.15) is 36.5 Å². The Hall–Kier alpha value is -2.37. The Bertz CT molecular complexity index is 583. The molecule has 6 nitrogen and oxygen atoms in total. The second-order valence-corrected chi connectivity index (χ2v) is 5.65. The van der Waals surface area contributed by atoms with Crippen molar-refractivity contribution in [2.45, 2.75) is 26.2 Å². The van der Waals surface area contributed by atoms with Crippen molar-refractivity contribution >= 4 is 23.5 Å². The van der Waals surface area contributed by atoms with Gasteiger partial charge in [-0.2, -0.15) is 0 Å². The summed E-state index contributed by atoms with van der Waals surface area (Å²) in [5, 5.41) is 2.80. The second-order valence-electron chi connectivity index (χ2n) is 5.65. The Labute approximate surface area is 135 Å². The van der Waals surface area contributed by atoms with E-state index in [1.54, 1.807) is 29.2 Å². The number of nitrogens with zero attached hydrogens (tertiary/aromatic N) is 1. The fraction of sp³-hybridized carbons (Fsp3) is 0.471. The highest BCUT2D eigenvalue weighted by molar-refractivity contribution is 5.97. The lowest BCUT2D eigenvalue weighted by Crippen LogP contribution is -2.29. The largest absolute Gasteiger partial charge is 0.465 e. The van der Waals surface area contributed by atoms with Crippen LogP contribution in [0.2, 0.25) is 0 Å². The van der Waals surface area contributed by atoms with E-state index in [9.17, 15) is 14.4 Å². The first-order chi connectivity index (χ1) is 11.0. The number of ether oxygens (including phenoxy) is 1. The van der Waals surface area contributed by atoms with Crippen LogP contribution < -0.4 is 5.32 Å². The van der Waals surface area contributed by atoms with Crippen LogP contribution in [0.5, 0.6) is 0 Å². The molecule has 0 spiro atoms. The van der Waals surface area contributed by atoms with Crippen molar-refractivity contribution in [1.29, 1.82) is 0 Å². The van der Waals surface area contributed by atoms with Gasteiger partial charge in [-0.1, -0.05) is 13.3 Å². The van der Waals surface area contributed by atoms with Gasteiger partial charge in [0, 0.05) is 25.2 Å². The zero-order chi connectivity index (χ0) is 16.8. The van der Waals surface area contributed by atoms with E-state index in [1.165, 1.54) is 7.11 Å². The molecule has 124 valence electrons. The Kier molecular flexibility index (Phi) is 5.73. The molecule has 1 atom stereocenters. The number of carbonyl (C=O) groups excluding carboxylic acids is 3. The van der Waals surface area contributed by atoms with Gasteiger partial charge in [-0.15, -0.1) is 0 Å². The fourth-order valence-electron chi connectivity index (χ4n) is 2.56. The summed E-state index contributed by atoms with van der Waals surface area (Å²) < 4.78 is 4.63. The number of likely N-dealkylation sites (tertiary alicyclic amines) is 1. The van der Waals surface area contributed by atoms with Crippen LogP contribution in [0, 0.1) is 5.92 Å². The fourth-order valence-corrected chi connectivity index (χ4v) is 2.56. The number of esters is 1. The van der Waals surface area contributed by atoms with Crippen LogP contribution in [0.3, 0.4) is 0 Å². The number of unbranched alkanes of at least 4 members (excludes halogenated alkanes) is 1. The van der Waals surface area contributed by atoms with Crippen LogP contribution in [0.25, 0.3) is 0 Å². The number of methoxy groups -OCH3 is 1. The third-order valence-corrected chi connectivity index (χ3v) is 3.94. The number of hydrogen-bond donors (Lipinski definition) is 1. The van der Waals surface area contributed by atoms with Crippen LogP contribution in [-0.4, -0.2) is 42.9 Å². The van der Waals surface area contributed by atoms with Crippen molar-refractivity contribution in [1.82, 2.24) is 4.90 Å². The van der Waals surface area contributed by atoms with Gasteiger partial charge in [0.2, 0.25) is 11.8 Å². The summed E-state index contributed by atoms with van der Waals surface area (Å²) in [7, 11) is 1.32. The lowest BCUT2D eigenvalue weighted by molar-refractivity contribution is -0.128. The molecule has 1 aliphatic heterocycles. The van der Waals surface area contributed by atoms with E-state index >= 15 is 0 Å². The Balaban J connectivity index is 1.92. The molecule has 1 N–H and O–H groups in total.